The van der Waals surface area contributed by atoms with Crippen LogP contribution >= 0.6 is 0 Å². The van der Waals surface area contributed by atoms with E-state index in [0.29, 0.717) is 6.61 Å². The summed E-state index contributed by atoms with van der Waals surface area (Å²) in [6.45, 7) is 12.6. The molecule has 2 aromatic carbocycles. The second-order valence-electron chi connectivity index (χ2n) is 6.11. The highest BCUT2D eigenvalue weighted by Gasteiger charge is 2.20. The third-order valence-corrected chi connectivity index (χ3v) is 4.92. The fourth-order valence-electron chi connectivity index (χ4n) is 2.88. The lowest BCUT2D eigenvalue weighted by molar-refractivity contribution is -0.923. The molecule has 0 amide bonds. The lowest BCUT2D eigenvalue weighted by Gasteiger charge is -2.35. The Kier molecular flexibility index (Phi) is 7.13. The molecule has 3 nitrogen and oxygen atoms in total. The molecule has 0 N–H and O–H groups in total. The summed E-state index contributed by atoms with van der Waals surface area (Å²) in [5, 5.41) is 0. The monoisotopic (exact) mass is 328 g/mol. The maximum absolute atomic E-state index is 5.91. The van der Waals surface area contributed by atoms with Crippen LogP contribution in [0.4, 0.5) is 0 Å². The van der Waals surface area contributed by atoms with Crippen molar-refractivity contribution < 1.29 is 14.0 Å². The molecule has 0 saturated heterocycles. The van der Waals surface area contributed by atoms with Crippen LogP contribution < -0.4 is 9.47 Å². The zero-order valence-corrected chi connectivity index (χ0v) is 15.2. The van der Waals surface area contributed by atoms with Crippen molar-refractivity contribution in [2.45, 2.75) is 27.4 Å². The van der Waals surface area contributed by atoms with Gasteiger partial charge in [-0.2, -0.15) is 0 Å². The molecule has 0 bridgehead atoms. The number of likely N-dealkylation sites (N-methyl/N-ethyl adjacent to an activating group) is 1. The van der Waals surface area contributed by atoms with Crippen LogP contribution in [0.5, 0.6) is 11.5 Å². The van der Waals surface area contributed by atoms with E-state index in [2.05, 4.69) is 32.9 Å². The Morgan fingerprint density at radius 1 is 0.708 bits per heavy atom. The van der Waals surface area contributed by atoms with Crippen molar-refractivity contribution in [1.82, 2.24) is 0 Å². The molecule has 130 valence electrons. The first-order valence-corrected chi connectivity index (χ1v) is 8.96. The van der Waals surface area contributed by atoms with Crippen LogP contribution in [0.15, 0.2) is 54.6 Å². The molecule has 0 aliphatic heterocycles. The molecule has 0 fully saturated rings. The molecule has 0 unspecified atom stereocenters. The molecule has 2 rings (SSSR count). The number of benzene rings is 2. The number of rotatable bonds is 10. The first kappa shape index (κ1) is 18.3. The highest BCUT2D eigenvalue weighted by molar-refractivity contribution is 5.31. The molecular formula is C21H30NO2+. The van der Waals surface area contributed by atoms with E-state index in [1.807, 2.05) is 42.5 Å². The average Bonchev–Trinajstić information content (AvgIpc) is 2.66. The fraction of sp³-hybridized carbons (Fsp3) is 0.429. The van der Waals surface area contributed by atoms with Crippen LogP contribution in [0.1, 0.15) is 26.3 Å². The first-order valence-electron chi connectivity index (χ1n) is 8.96. The summed E-state index contributed by atoms with van der Waals surface area (Å²) in [7, 11) is 0. The molecule has 0 aliphatic rings. The van der Waals surface area contributed by atoms with E-state index in [4.69, 9.17) is 9.47 Å². The molecule has 2 aromatic rings. The van der Waals surface area contributed by atoms with Crippen molar-refractivity contribution in [2.24, 2.45) is 0 Å². The number of nitrogens with zero attached hydrogens (tertiary/aromatic N) is 1. The Hall–Kier alpha value is -2.00. The normalized spacial score (nSPS) is 11.3. The molecule has 0 spiro atoms. The van der Waals surface area contributed by atoms with E-state index in [-0.39, 0.29) is 0 Å². The van der Waals surface area contributed by atoms with E-state index in [1.54, 1.807) is 0 Å². The maximum Gasteiger partial charge on any atom is 0.137 e. The summed E-state index contributed by atoms with van der Waals surface area (Å²) < 4.78 is 12.8. The molecule has 24 heavy (non-hydrogen) atoms. The number of hydrogen-bond donors (Lipinski definition) is 0. The summed E-state index contributed by atoms with van der Waals surface area (Å²) in [5.41, 5.74) is 1.17. The lowest BCUT2D eigenvalue weighted by Crippen LogP contribution is -2.49. The van der Waals surface area contributed by atoms with Crippen molar-refractivity contribution in [2.75, 3.05) is 32.8 Å². The third kappa shape index (κ3) is 5.27. The second kappa shape index (κ2) is 9.33. The second-order valence-corrected chi connectivity index (χ2v) is 6.11. The number of hydrogen-bond acceptors (Lipinski definition) is 2. The smallest absolute Gasteiger partial charge is 0.137 e. The summed E-state index contributed by atoms with van der Waals surface area (Å²) in [4.78, 5) is 0. The van der Waals surface area contributed by atoms with Gasteiger partial charge in [0, 0.05) is 0 Å². The van der Waals surface area contributed by atoms with Gasteiger partial charge in [0.15, 0.2) is 0 Å². The Labute approximate surface area is 146 Å². The Morgan fingerprint density at radius 3 is 1.79 bits per heavy atom. The van der Waals surface area contributed by atoms with Crippen molar-refractivity contribution in [3.05, 3.63) is 60.2 Å². The average molecular weight is 328 g/mol. The third-order valence-electron chi connectivity index (χ3n) is 4.92. The summed E-state index contributed by atoms with van der Waals surface area (Å²) >= 11 is 0. The lowest BCUT2D eigenvalue weighted by atomic mass is 10.2. The van der Waals surface area contributed by atoms with Crippen LogP contribution in [0.2, 0.25) is 0 Å². The zero-order chi connectivity index (χ0) is 17.3. The predicted octanol–water partition coefficient (Wildman–Crippen LogP) is 4.52. The Morgan fingerprint density at radius 2 is 1.25 bits per heavy atom. The number of ether oxygens (including phenoxy) is 2. The van der Waals surface area contributed by atoms with Crippen molar-refractivity contribution in [1.29, 1.82) is 0 Å². The van der Waals surface area contributed by atoms with Crippen LogP contribution in [0.25, 0.3) is 0 Å². The fourth-order valence-corrected chi connectivity index (χ4v) is 2.88. The molecule has 3 heteroatoms. The van der Waals surface area contributed by atoms with Gasteiger partial charge in [-0.1, -0.05) is 30.3 Å². The first-order chi connectivity index (χ1) is 11.7. The van der Waals surface area contributed by atoms with Gasteiger partial charge in [0.25, 0.3) is 0 Å². The maximum atomic E-state index is 5.91. The summed E-state index contributed by atoms with van der Waals surface area (Å²) in [5.74, 6) is 1.77. The Bertz CT molecular complexity index is 568. The standard InChI is InChI=1S/C21H30NO2/c1-4-22(5-2,6-3)16-17-23-20-12-14-21(15-13-20)24-18-19-10-8-7-9-11-19/h7-15H,4-6,16-18H2,1-3H3/q+1. The van der Waals surface area contributed by atoms with E-state index < -0.39 is 0 Å². The minimum Gasteiger partial charge on any atom is -0.489 e. The van der Waals surface area contributed by atoms with Gasteiger partial charge >= 0.3 is 0 Å². The van der Waals surface area contributed by atoms with Gasteiger partial charge in [-0.05, 0) is 50.6 Å². The van der Waals surface area contributed by atoms with Crippen molar-refractivity contribution >= 4 is 0 Å². The highest BCUT2D eigenvalue weighted by Crippen LogP contribution is 2.19. The molecular weight excluding hydrogens is 298 g/mol. The van der Waals surface area contributed by atoms with Crippen LogP contribution in [0.3, 0.4) is 0 Å². The van der Waals surface area contributed by atoms with Crippen LogP contribution in [0, 0.1) is 0 Å². The van der Waals surface area contributed by atoms with Crippen molar-refractivity contribution in [3.63, 3.8) is 0 Å². The molecule has 0 radical (unpaired) electrons. The molecule has 0 atom stereocenters. The van der Waals surface area contributed by atoms with Crippen LogP contribution in [-0.4, -0.2) is 37.3 Å². The highest BCUT2D eigenvalue weighted by atomic mass is 16.5. The SMILES string of the molecule is CC[N+](CC)(CC)CCOc1ccc(OCc2ccccc2)cc1. The minimum atomic E-state index is 0.588. The van der Waals surface area contributed by atoms with Crippen LogP contribution in [-0.2, 0) is 6.61 Å². The van der Waals surface area contributed by atoms with E-state index in [9.17, 15) is 0 Å². The van der Waals surface area contributed by atoms with Gasteiger partial charge in [-0.3, -0.25) is 0 Å². The Balaban J connectivity index is 1.79. The van der Waals surface area contributed by atoms with E-state index in [1.165, 1.54) is 5.56 Å². The van der Waals surface area contributed by atoms with Gasteiger partial charge in [-0.25, -0.2) is 0 Å². The molecule has 0 saturated carbocycles. The van der Waals surface area contributed by atoms with Gasteiger partial charge < -0.3 is 14.0 Å². The minimum absolute atomic E-state index is 0.588. The molecule has 0 heterocycles. The van der Waals surface area contributed by atoms with Gasteiger partial charge in [0.05, 0.1) is 19.6 Å². The van der Waals surface area contributed by atoms with Gasteiger partial charge in [-0.15, -0.1) is 0 Å². The van der Waals surface area contributed by atoms with Gasteiger partial charge in [0.2, 0.25) is 0 Å². The quantitative estimate of drug-likeness (QED) is 0.597. The zero-order valence-electron chi connectivity index (χ0n) is 15.2. The number of quaternary nitrogens is 1. The molecule has 0 aliphatic carbocycles. The summed E-state index contributed by atoms with van der Waals surface area (Å²) in [6.07, 6.45) is 0. The molecule has 0 aromatic heterocycles. The largest absolute Gasteiger partial charge is 0.489 e. The predicted molar refractivity (Wildman–Crippen MR) is 99.5 cm³/mol. The summed E-state index contributed by atoms with van der Waals surface area (Å²) in [6, 6.07) is 18.1. The van der Waals surface area contributed by atoms with Crippen molar-refractivity contribution in [3.8, 4) is 11.5 Å². The van der Waals surface area contributed by atoms with E-state index >= 15 is 0 Å². The topological polar surface area (TPSA) is 18.5 Å². The van der Waals surface area contributed by atoms with Gasteiger partial charge in [0.1, 0.15) is 31.3 Å². The van der Waals surface area contributed by atoms with E-state index in [0.717, 1.165) is 48.8 Å².